The molecule has 5 nitrogen and oxygen atoms in total. The molecule has 0 unspecified atom stereocenters. The van der Waals surface area contributed by atoms with E-state index >= 15 is 0 Å². The number of anilines is 1. The molecule has 30 heavy (non-hydrogen) atoms. The number of amides is 1. The molecule has 3 aromatic rings. The van der Waals surface area contributed by atoms with Crippen molar-refractivity contribution in [2.75, 3.05) is 10.8 Å². The van der Waals surface area contributed by atoms with Crippen molar-refractivity contribution in [1.82, 2.24) is 5.32 Å². The zero-order valence-electron chi connectivity index (χ0n) is 16.2. The second-order valence-corrected chi connectivity index (χ2v) is 9.39. The van der Waals surface area contributed by atoms with Crippen LogP contribution in [0.3, 0.4) is 0 Å². The Hall–Kier alpha value is -2.54. The van der Waals surface area contributed by atoms with Crippen LogP contribution >= 0.6 is 23.2 Å². The van der Waals surface area contributed by atoms with Gasteiger partial charge in [0.05, 0.1) is 10.6 Å². The Labute approximate surface area is 186 Å². The lowest BCUT2D eigenvalue weighted by molar-refractivity contribution is -0.119. The molecule has 8 heteroatoms. The minimum atomic E-state index is -3.98. The molecule has 0 atom stereocenters. The number of sulfonamides is 1. The lowest BCUT2D eigenvalue weighted by Crippen LogP contribution is -2.41. The van der Waals surface area contributed by atoms with Gasteiger partial charge >= 0.3 is 0 Å². The number of carbonyl (C=O) groups is 1. The van der Waals surface area contributed by atoms with Crippen molar-refractivity contribution in [2.45, 2.75) is 18.4 Å². The van der Waals surface area contributed by atoms with Gasteiger partial charge in [0.15, 0.2) is 0 Å². The third kappa shape index (κ3) is 5.33. The van der Waals surface area contributed by atoms with Gasteiger partial charge in [-0.2, -0.15) is 0 Å². The topological polar surface area (TPSA) is 66.5 Å². The monoisotopic (exact) mass is 462 g/mol. The van der Waals surface area contributed by atoms with E-state index in [1.807, 2.05) is 6.07 Å². The number of halogens is 2. The van der Waals surface area contributed by atoms with Crippen molar-refractivity contribution < 1.29 is 13.2 Å². The molecule has 1 N–H and O–H groups in total. The van der Waals surface area contributed by atoms with Gasteiger partial charge in [0.25, 0.3) is 10.0 Å². The first-order valence-corrected chi connectivity index (χ1v) is 11.3. The summed E-state index contributed by atoms with van der Waals surface area (Å²) in [4.78, 5) is 12.7. The van der Waals surface area contributed by atoms with Crippen LogP contribution in [-0.2, 0) is 21.4 Å². The summed E-state index contributed by atoms with van der Waals surface area (Å²) in [5.74, 6) is -0.425. The maximum atomic E-state index is 13.3. The van der Waals surface area contributed by atoms with Crippen molar-refractivity contribution in [3.05, 3.63) is 94.0 Å². The maximum absolute atomic E-state index is 13.3. The lowest BCUT2D eigenvalue weighted by atomic mass is 10.2. The lowest BCUT2D eigenvalue weighted by Gasteiger charge is -2.25. The Morgan fingerprint density at radius 1 is 0.900 bits per heavy atom. The second kappa shape index (κ2) is 9.51. The summed E-state index contributed by atoms with van der Waals surface area (Å²) >= 11 is 11.8. The van der Waals surface area contributed by atoms with Gasteiger partial charge in [0.1, 0.15) is 6.54 Å². The molecular formula is C22H20Cl2N2O3S. The highest BCUT2D eigenvalue weighted by molar-refractivity contribution is 7.92. The number of nitrogens with one attached hydrogen (secondary N) is 1. The second-order valence-electron chi connectivity index (χ2n) is 6.66. The summed E-state index contributed by atoms with van der Waals surface area (Å²) in [6.07, 6.45) is 0. The van der Waals surface area contributed by atoms with Gasteiger partial charge in [0.2, 0.25) is 5.91 Å². The van der Waals surface area contributed by atoms with Crippen molar-refractivity contribution in [3.63, 3.8) is 0 Å². The SMILES string of the molecule is Cc1ccccc1N(CC(=O)NCc1ccc(Cl)cc1)S(=O)(=O)c1ccc(Cl)cc1. The first kappa shape index (κ1) is 22.2. The number of benzene rings is 3. The Balaban J connectivity index is 1.86. The number of hydrogen-bond donors (Lipinski definition) is 1. The molecule has 1 amide bonds. The molecule has 0 aliphatic carbocycles. The maximum Gasteiger partial charge on any atom is 0.264 e. The predicted octanol–water partition coefficient (Wildman–Crippen LogP) is 4.81. The normalized spacial score (nSPS) is 11.2. The van der Waals surface area contributed by atoms with Gasteiger partial charge in [-0.3, -0.25) is 9.10 Å². The van der Waals surface area contributed by atoms with E-state index < -0.39 is 15.9 Å². The number of aryl methyl sites for hydroxylation is 1. The van der Waals surface area contributed by atoms with Gasteiger partial charge in [-0.25, -0.2) is 8.42 Å². The molecular weight excluding hydrogens is 443 g/mol. The fourth-order valence-electron chi connectivity index (χ4n) is 2.87. The standard InChI is InChI=1S/C22H20Cl2N2O3S/c1-16-4-2-3-5-21(16)26(30(28,29)20-12-10-19(24)11-13-20)15-22(27)25-14-17-6-8-18(23)9-7-17/h2-13H,14-15H2,1H3,(H,25,27). The molecule has 0 spiro atoms. The van der Waals surface area contributed by atoms with Gasteiger partial charge in [-0.1, -0.05) is 53.5 Å². The molecule has 0 fully saturated rings. The molecule has 0 aliphatic heterocycles. The van der Waals surface area contributed by atoms with Crippen LogP contribution in [0, 0.1) is 6.92 Å². The van der Waals surface area contributed by atoms with E-state index in [2.05, 4.69) is 5.32 Å². The van der Waals surface area contributed by atoms with E-state index in [0.29, 0.717) is 15.7 Å². The molecule has 0 radical (unpaired) electrons. The van der Waals surface area contributed by atoms with Crippen LogP contribution in [0.15, 0.2) is 77.7 Å². The smallest absolute Gasteiger partial charge is 0.264 e. The first-order valence-electron chi connectivity index (χ1n) is 9.12. The van der Waals surface area contributed by atoms with Crippen LogP contribution in [0.5, 0.6) is 0 Å². The third-order valence-electron chi connectivity index (χ3n) is 4.48. The van der Waals surface area contributed by atoms with E-state index in [1.165, 1.54) is 24.3 Å². The molecule has 0 bridgehead atoms. The third-order valence-corrected chi connectivity index (χ3v) is 6.75. The minimum Gasteiger partial charge on any atom is -0.350 e. The summed E-state index contributed by atoms with van der Waals surface area (Å²) < 4.78 is 27.8. The van der Waals surface area contributed by atoms with Crippen LogP contribution in [-0.4, -0.2) is 20.9 Å². The van der Waals surface area contributed by atoms with Crippen LogP contribution < -0.4 is 9.62 Å². The zero-order valence-corrected chi connectivity index (χ0v) is 18.5. The van der Waals surface area contributed by atoms with Gasteiger partial charge in [-0.15, -0.1) is 0 Å². The highest BCUT2D eigenvalue weighted by Crippen LogP contribution is 2.27. The summed E-state index contributed by atoms with van der Waals surface area (Å²) in [5.41, 5.74) is 2.03. The summed E-state index contributed by atoms with van der Waals surface area (Å²) in [6, 6.07) is 19.9. The molecule has 0 aromatic heterocycles. The van der Waals surface area contributed by atoms with E-state index in [4.69, 9.17) is 23.2 Å². The van der Waals surface area contributed by atoms with Crippen molar-refractivity contribution in [3.8, 4) is 0 Å². The van der Waals surface area contributed by atoms with Crippen molar-refractivity contribution in [1.29, 1.82) is 0 Å². The minimum absolute atomic E-state index is 0.0562. The number of carbonyl (C=O) groups excluding carboxylic acids is 1. The van der Waals surface area contributed by atoms with E-state index in [9.17, 15) is 13.2 Å². The molecule has 0 saturated heterocycles. The molecule has 156 valence electrons. The first-order chi connectivity index (χ1) is 14.3. The van der Waals surface area contributed by atoms with Crippen LogP contribution in [0.1, 0.15) is 11.1 Å². The van der Waals surface area contributed by atoms with Gasteiger partial charge in [0, 0.05) is 16.6 Å². The summed E-state index contributed by atoms with van der Waals surface area (Å²) in [7, 11) is -3.98. The quantitative estimate of drug-likeness (QED) is 0.547. The van der Waals surface area contributed by atoms with Gasteiger partial charge in [-0.05, 0) is 60.5 Å². The molecule has 3 rings (SSSR count). The fourth-order valence-corrected chi connectivity index (χ4v) is 4.60. The number of para-hydroxylation sites is 1. The Morgan fingerprint density at radius 2 is 1.47 bits per heavy atom. The molecule has 3 aromatic carbocycles. The number of rotatable bonds is 7. The number of nitrogens with zero attached hydrogens (tertiary/aromatic N) is 1. The Bertz CT molecular complexity index is 1130. The highest BCUT2D eigenvalue weighted by atomic mass is 35.5. The van der Waals surface area contributed by atoms with Crippen LogP contribution in [0.2, 0.25) is 10.0 Å². The Kier molecular flexibility index (Phi) is 7.02. The summed E-state index contributed by atoms with van der Waals surface area (Å²) in [6.45, 7) is 1.70. The average molecular weight is 463 g/mol. The van der Waals surface area contributed by atoms with E-state index in [-0.39, 0.29) is 18.0 Å². The average Bonchev–Trinajstić information content (AvgIpc) is 2.72. The van der Waals surface area contributed by atoms with E-state index in [0.717, 1.165) is 15.4 Å². The number of hydrogen-bond acceptors (Lipinski definition) is 3. The van der Waals surface area contributed by atoms with E-state index in [1.54, 1.807) is 49.4 Å². The highest BCUT2D eigenvalue weighted by Gasteiger charge is 2.28. The molecule has 0 heterocycles. The Morgan fingerprint density at radius 3 is 2.07 bits per heavy atom. The van der Waals surface area contributed by atoms with Crippen molar-refractivity contribution in [2.24, 2.45) is 0 Å². The fraction of sp³-hybridized carbons (Fsp3) is 0.136. The summed E-state index contributed by atoms with van der Waals surface area (Å²) in [5, 5.41) is 3.79. The van der Waals surface area contributed by atoms with Crippen LogP contribution in [0.4, 0.5) is 5.69 Å². The van der Waals surface area contributed by atoms with Gasteiger partial charge < -0.3 is 5.32 Å². The molecule has 0 aliphatic rings. The zero-order chi connectivity index (χ0) is 21.7. The van der Waals surface area contributed by atoms with Crippen LogP contribution in [0.25, 0.3) is 0 Å². The largest absolute Gasteiger partial charge is 0.350 e. The van der Waals surface area contributed by atoms with Crippen molar-refractivity contribution >= 4 is 44.8 Å². The molecule has 0 saturated carbocycles. The predicted molar refractivity (Wildman–Crippen MR) is 120 cm³/mol.